The molecule has 1 aromatic carbocycles. The smallest absolute Gasteiger partial charge is 0.308 e. The molecule has 120 valence electrons. The van der Waals surface area contributed by atoms with Crippen LogP contribution in [0.4, 0.5) is 0 Å². The average molecular weight is 313 g/mol. The van der Waals surface area contributed by atoms with Crippen LogP contribution in [-0.4, -0.2) is 44.8 Å². The van der Waals surface area contributed by atoms with Crippen LogP contribution in [0.2, 0.25) is 0 Å². The van der Waals surface area contributed by atoms with E-state index in [1.807, 2.05) is 31.3 Å². The van der Waals surface area contributed by atoms with Crippen LogP contribution < -0.4 is 0 Å². The zero-order chi connectivity index (χ0) is 16.4. The Kier molecular flexibility index (Phi) is 4.14. The summed E-state index contributed by atoms with van der Waals surface area (Å²) in [4.78, 5) is 25.4. The number of carboxylic acid groups (broad SMARTS) is 1. The molecule has 1 N–H and O–H groups in total. The lowest BCUT2D eigenvalue weighted by atomic mass is 9.97. The Balaban J connectivity index is 1.80. The molecule has 0 spiro atoms. The van der Waals surface area contributed by atoms with Gasteiger partial charge < -0.3 is 10.0 Å². The number of aromatic nitrogens is 2. The maximum absolute atomic E-state index is 12.6. The van der Waals surface area contributed by atoms with Crippen molar-refractivity contribution >= 4 is 11.9 Å². The van der Waals surface area contributed by atoms with Gasteiger partial charge in [-0.1, -0.05) is 0 Å². The molecule has 3 rings (SSSR count). The van der Waals surface area contributed by atoms with Gasteiger partial charge in [-0.25, -0.2) is 4.68 Å². The Morgan fingerprint density at radius 3 is 2.83 bits per heavy atom. The first-order chi connectivity index (χ1) is 11.1. The Morgan fingerprint density at radius 1 is 1.35 bits per heavy atom. The van der Waals surface area contributed by atoms with Crippen LogP contribution >= 0.6 is 0 Å². The fourth-order valence-electron chi connectivity index (χ4n) is 3.00. The molecular weight excluding hydrogens is 294 g/mol. The molecule has 2 heterocycles. The van der Waals surface area contributed by atoms with Gasteiger partial charge in [-0.3, -0.25) is 9.59 Å². The second-order valence-electron chi connectivity index (χ2n) is 5.88. The van der Waals surface area contributed by atoms with E-state index in [0.717, 1.165) is 17.7 Å². The van der Waals surface area contributed by atoms with Gasteiger partial charge in [-0.15, -0.1) is 0 Å². The third-order valence-corrected chi connectivity index (χ3v) is 4.25. The number of likely N-dealkylation sites (tertiary alicyclic amines) is 1. The van der Waals surface area contributed by atoms with Crippen molar-refractivity contribution in [3.63, 3.8) is 0 Å². The van der Waals surface area contributed by atoms with E-state index in [4.69, 9.17) is 5.11 Å². The van der Waals surface area contributed by atoms with Crippen molar-refractivity contribution in [2.24, 2.45) is 5.92 Å². The van der Waals surface area contributed by atoms with Crippen LogP contribution in [0.1, 0.15) is 28.8 Å². The summed E-state index contributed by atoms with van der Waals surface area (Å²) in [5.41, 5.74) is 2.46. The minimum absolute atomic E-state index is 0.105. The molecule has 1 saturated heterocycles. The van der Waals surface area contributed by atoms with Crippen molar-refractivity contribution in [2.75, 3.05) is 13.1 Å². The average Bonchev–Trinajstić information content (AvgIpc) is 3.08. The highest BCUT2D eigenvalue weighted by molar-refractivity contribution is 5.95. The molecule has 1 aliphatic rings. The van der Waals surface area contributed by atoms with Gasteiger partial charge >= 0.3 is 5.97 Å². The fraction of sp³-hybridized carbons (Fsp3) is 0.353. The monoisotopic (exact) mass is 313 g/mol. The summed E-state index contributed by atoms with van der Waals surface area (Å²) in [6, 6.07) is 7.33. The maximum atomic E-state index is 12.6. The minimum atomic E-state index is -0.826. The molecule has 6 heteroatoms. The van der Waals surface area contributed by atoms with Crippen LogP contribution in [0, 0.1) is 12.8 Å². The first-order valence-electron chi connectivity index (χ1n) is 7.69. The number of rotatable bonds is 3. The van der Waals surface area contributed by atoms with Gasteiger partial charge in [0.05, 0.1) is 11.6 Å². The predicted octanol–water partition coefficient (Wildman–Crippen LogP) is 2.12. The second kappa shape index (κ2) is 6.24. The van der Waals surface area contributed by atoms with Gasteiger partial charge in [0, 0.05) is 31.0 Å². The number of hydrogen-bond donors (Lipinski definition) is 1. The first-order valence-corrected chi connectivity index (χ1v) is 7.69. The summed E-state index contributed by atoms with van der Waals surface area (Å²) in [5.74, 6) is -1.39. The Labute approximate surface area is 134 Å². The van der Waals surface area contributed by atoms with Crippen LogP contribution in [0.25, 0.3) is 5.69 Å². The highest BCUT2D eigenvalue weighted by Crippen LogP contribution is 2.21. The van der Waals surface area contributed by atoms with Crippen molar-refractivity contribution < 1.29 is 14.7 Å². The number of aliphatic carboxylic acids is 1. The topological polar surface area (TPSA) is 75.4 Å². The van der Waals surface area contributed by atoms with E-state index in [2.05, 4.69) is 5.10 Å². The molecule has 0 radical (unpaired) electrons. The lowest BCUT2D eigenvalue weighted by Crippen LogP contribution is -2.42. The van der Waals surface area contributed by atoms with Gasteiger partial charge in [0.1, 0.15) is 0 Å². The molecule has 6 nitrogen and oxygen atoms in total. The molecular formula is C17H19N3O3. The first kappa shape index (κ1) is 15.3. The molecule has 0 aliphatic carbocycles. The van der Waals surface area contributed by atoms with Crippen molar-refractivity contribution in [3.05, 3.63) is 47.8 Å². The van der Waals surface area contributed by atoms with Crippen LogP contribution in [0.5, 0.6) is 0 Å². The standard InChI is InChI=1S/C17H19N3O3/c1-12-10-13(5-6-15(12)20-9-3-7-18-20)16(21)19-8-2-4-14(11-19)17(22)23/h3,5-7,9-10,14H,2,4,8,11H2,1H3,(H,22,23)/t14-/m0/s1. The Hall–Kier alpha value is -2.63. The van der Waals surface area contributed by atoms with Crippen molar-refractivity contribution in [3.8, 4) is 5.69 Å². The summed E-state index contributed by atoms with van der Waals surface area (Å²) in [6.45, 7) is 2.83. The molecule has 1 amide bonds. The number of aryl methyl sites for hydroxylation is 1. The van der Waals surface area contributed by atoms with Crippen molar-refractivity contribution in [1.82, 2.24) is 14.7 Å². The van der Waals surface area contributed by atoms with E-state index in [-0.39, 0.29) is 12.5 Å². The summed E-state index contributed by atoms with van der Waals surface area (Å²) in [5, 5.41) is 13.3. The second-order valence-corrected chi connectivity index (χ2v) is 5.88. The van der Waals surface area contributed by atoms with Crippen LogP contribution in [-0.2, 0) is 4.79 Å². The summed E-state index contributed by atoms with van der Waals surface area (Å²) in [6.07, 6.45) is 4.92. The number of hydrogen-bond acceptors (Lipinski definition) is 3. The largest absolute Gasteiger partial charge is 0.481 e. The normalized spacial score (nSPS) is 18.0. The number of carbonyl (C=O) groups excluding carboxylic acids is 1. The molecule has 2 aromatic rings. The number of benzene rings is 1. The molecule has 0 saturated carbocycles. The molecule has 23 heavy (non-hydrogen) atoms. The number of carboxylic acids is 1. The quantitative estimate of drug-likeness (QED) is 0.942. The van der Waals surface area contributed by atoms with Gasteiger partial charge in [0.2, 0.25) is 0 Å². The van der Waals surface area contributed by atoms with E-state index < -0.39 is 11.9 Å². The van der Waals surface area contributed by atoms with Crippen LogP contribution in [0.3, 0.4) is 0 Å². The SMILES string of the molecule is Cc1cc(C(=O)N2CCC[C@H](C(=O)O)C2)ccc1-n1cccn1. The molecule has 0 bridgehead atoms. The number of piperidine rings is 1. The fourth-order valence-corrected chi connectivity index (χ4v) is 3.00. The van der Waals surface area contributed by atoms with Crippen LogP contribution in [0.15, 0.2) is 36.7 Å². The van der Waals surface area contributed by atoms with E-state index in [0.29, 0.717) is 18.5 Å². The third-order valence-electron chi connectivity index (χ3n) is 4.25. The van der Waals surface area contributed by atoms with Gasteiger partial charge in [-0.2, -0.15) is 5.10 Å². The Bertz CT molecular complexity index is 725. The van der Waals surface area contributed by atoms with Gasteiger partial charge in [-0.05, 0) is 49.6 Å². The third kappa shape index (κ3) is 3.11. The lowest BCUT2D eigenvalue weighted by Gasteiger charge is -2.30. The minimum Gasteiger partial charge on any atom is -0.481 e. The molecule has 0 unspecified atom stereocenters. The van der Waals surface area contributed by atoms with E-state index in [1.165, 1.54) is 0 Å². The van der Waals surface area contributed by atoms with Crippen molar-refractivity contribution in [1.29, 1.82) is 0 Å². The number of nitrogens with zero attached hydrogens (tertiary/aromatic N) is 3. The zero-order valence-corrected chi connectivity index (χ0v) is 13.0. The molecule has 1 fully saturated rings. The van der Waals surface area contributed by atoms with Gasteiger partial charge in [0.25, 0.3) is 5.91 Å². The summed E-state index contributed by atoms with van der Waals surface area (Å²) < 4.78 is 1.75. The number of carbonyl (C=O) groups is 2. The highest BCUT2D eigenvalue weighted by Gasteiger charge is 2.28. The summed E-state index contributed by atoms with van der Waals surface area (Å²) in [7, 11) is 0. The van der Waals surface area contributed by atoms with Crippen molar-refractivity contribution in [2.45, 2.75) is 19.8 Å². The lowest BCUT2D eigenvalue weighted by molar-refractivity contribution is -0.143. The van der Waals surface area contributed by atoms with E-state index in [1.54, 1.807) is 21.8 Å². The molecule has 1 atom stereocenters. The molecule has 1 aliphatic heterocycles. The van der Waals surface area contributed by atoms with E-state index in [9.17, 15) is 9.59 Å². The maximum Gasteiger partial charge on any atom is 0.308 e. The van der Waals surface area contributed by atoms with Gasteiger partial charge in [0.15, 0.2) is 0 Å². The zero-order valence-electron chi connectivity index (χ0n) is 13.0. The Morgan fingerprint density at radius 2 is 2.17 bits per heavy atom. The highest BCUT2D eigenvalue weighted by atomic mass is 16.4. The summed E-state index contributed by atoms with van der Waals surface area (Å²) >= 11 is 0. The number of amides is 1. The molecule has 1 aromatic heterocycles. The predicted molar refractivity (Wildman–Crippen MR) is 84.6 cm³/mol. The van der Waals surface area contributed by atoms with E-state index >= 15 is 0 Å².